The van der Waals surface area contributed by atoms with Gasteiger partial charge in [-0.3, -0.25) is 0 Å². The molecule has 16 nitrogen and oxygen atoms in total. The molecule has 2 aliphatic carbocycles. The fourth-order valence-corrected chi connectivity index (χ4v) is 10.6. The highest BCUT2D eigenvalue weighted by Crippen LogP contribution is 2.56. The Labute approximate surface area is 391 Å². The molecule has 0 radical (unpaired) electrons. The summed E-state index contributed by atoms with van der Waals surface area (Å²) in [6, 6.07) is 3.44. The summed E-state index contributed by atoms with van der Waals surface area (Å²) in [6.07, 6.45) is 0.130. The fourth-order valence-electron chi connectivity index (χ4n) is 10.4. The zero-order valence-corrected chi connectivity index (χ0v) is 38.1. The Morgan fingerprint density at radius 3 is 1.82 bits per heavy atom. The summed E-state index contributed by atoms with van der Waals surface area (Å²) in [5, 5.41) is 24.0. The molecule has 3 fully saturated rings. The van der Waals surface area contributed by atoms with Crippen molar-refractivity contribution in [3.8, 4) is 51.4 Å². The van der Waals surface area contributed by atoms with Crippen LogP contribution in [0.5, 0.6) is 5.88 Å². The van der Waals surface area contributed by atoms with Gasteiger partial charge < -0.3 is 38.4 Å². The van der Waals surface area contributed by atoms with Gasteiger partial charge in [0.25, 0.3) is 0 Å². The maximum absolute atomic E-state index is 14.5. The van der Waals surface area contributed by atoms with Crippen LogP contribution in [0, 0.1) is 6.92 Å². The molecule has 2 saturated carbocycles. The first kappa shape index (κ1) is 44.7. The van der Waals surface area contributed by atoms with Crippen LogP contribution < -0.4 is 15.4 Å². The van der Waals surface area contributed by atoms with E-state index in [-0.39, 0.29) is 67.0 Å². The van der Waals surface area contributed by atoms with E-state index < -0.39 is 23.2 Å². The van der Waals surface area contributed by atoms with E-state index >= 15 is 0 Å². The van der Waals surface area contributed by atoms with Crippen molar-refractivity contribution in [1.29, 1.82) is 0 Å². The van der Waals surface area contributed by atoms with Crippen LogP contribution in [0.3, 0.4) is 0 Å². The van der Waals surface area contributed by atoms with Gasteiger partial charge in [-0.25, -0.2) is 15.0 Å². The molecule has 23 heteroatoms. The standard InChI is InChI=1S/C45H49ClF6N14O2/c1-25(54-40-53-21-30(46)34(57-40)28-20-32-36-60-62-39(43(11-4-12-43)45(50,51)52)66(36)16-6-14-64(32)23-28)24-68-37-26(2)33(56-41(58-37)55-29-7-17-67-18-8-29)27-19-31-35-59-61-38(42(9-3-10-42)44(47,48)49)65(35)15-5-13-63(31)22-27/h19-23,25,29H,3-18,24H2,1-2H3,(H,53,54,57)(H,55,56,58)/t25-/m0/s1. The van der Waals surface area contributed by atoms with Crippen molar-refractivity contribution in [2.75, 3.05) is 30.5 Å². The van der Waals surface area contributed by atoms with E-state index in [1.165, 1.54) is 6.20 Å². The Kier molecular flexibility index (Phi) is 11.0. The lowest BCUT2D eigenvalue weighted by Gasteiger charge is -2.42. The van der Waals surface area contributed by atoms with Crippen LogP contribution in [0.1, 0.15) is 88.3 Å². The third-order valence-electron chi connectivity index (χ3n) is 14.5. The predicted molar refractivity (Wildman–Crippen MR) is 237 cm³/mol. The zero-order valence-electron chi connectivity index (χ0n) is 37.4. The molecule has 68 heavy (non-hydrogen) atoms. The largest absolute Gasteiger partial charge is 0.475 e. The Hall–Kier alpha value is -5.77. The van der Waals surface area contributed by atoms with E-state index in [9.17, 15) is 26.3 Å². The van der Waals surface area contributed by atoms with E-state index in [4.69, 9.17) is 36.0 Å². The first-order valence-electron chi connectivity index (χ1n) is 23.2. The molecule has 2 N–H and O–H groups in total. The van der Waals surface area contributed by atoms with Crippen molar-refractivity contribution >= 4 is 23.5 Å². The molecule has 0 aromatic carbocycles. The van der Waals surface area contributed by atoms with Crippen molar-refractivity contribution in [1.82, 2.24) is 58.6 Å². The van der Waals surface area contributed by atoms with Gasteiger partial charge in [-0.2, -0.15) is 31.3 Å². The van der Waals surface area contributed by atoms with E-state index in [0.717, 1.165) is 18.4 Å². The molecular formula is C45H49ClF6N14O2. The minimum absolute atomic E-state index is 0.00117. The Bertz CT molecular complexity index is 2870. The second kappa shape index (κ2) is 16.7. The minimum atomic E-state index is -4.43. The van der Waals surface area contributed by atoms with Gasteiger partial charge in [-0.15, -0.1) is 20.4 Å². The molecule has 0 amide bonds. The lowest BCUT2D eigenvalue weighted by Crippen LogP contribution is -2.49. The average molecular weight is 967 g/mol. The molecule has 0 unspecified atom stereocenters. The fraction of sp³-hybridized carbons (Fsp3) is 0.556. The molecule has 0 spiro atoms. The number of halogens is 7. The van der Waals surface area contributed by atoms with Crippen LogP contribution in [0.4, 0.5) is 38.2 Å². The molecule has 9 heterocycles. The van der Waals surface area contributed by atoms with E-state index in [1.807, 2.05) is 47.5 Å². The Morgan fingerprint density at radius 1 is 0.750 bits per heavy atom. The topological polar surface area (TPSA) is 165 Å². The molecule has 0 bridgehead atoms. The van der Waals surface area contributed by atoms with Gasteiger partial charge in [0.05, 0.1) is 40.0 Å². The van der Waals surface area contributed by atoms with Gasteiger partial charge in [0.1, 0.15) is 29.1 Å². The highest BCUT2D eigenvalue weighted by molar-refractivity contribution is 6.32. The molecular weight excluding hydrogens is 918 g/mol. The number of aromatic nitrogens is 12. The lowest BCUT2D eigenvalue weighted by atomic mass is 9.67. The number of alkyl halides is 6. The maximum atomic E-state index is 14.5. The number of aryl methyl sites for hydroxylation is 2. The molecule has 6 aromatic heterocycles. The summed E-state index contributed by atoms with van der Waals surface area (Å²) < 4.78 is 106. The molecule has 11 rings (SSSR count). The summed E-state index contributed by atoms with van der Waals surface area (Å²) in [6.45, 7) is 6.97. The van der Waals surface area contributed by atoms with Gasteiger partial charge in [-0.1, -0.05) is 24.4 Å². The quantitative estimate of drug-likeness (QED) is 0.119. The predicted octanol–water partition coefficient (Wildman–Crippen LogP) is 8.93. The highest BCUT2D eigenvalue weighted by atomic mass is 35.5. The zero-order chi connectivity index (χ0) is 47.2. The van der Waals surface area contributed by atoms with Gasteiger partial charge in [-0.05, 0) is 77.3 Å². The first-order chi connectivity index (χ1) is 32.6. The number of anilines is 2. The monoisotopic (exact) mass is 966 g/mol. The minimum Gasteiger partial charge on any atom is -0.475 e. The number of hydrogen-bond acceptors (Lipinski definition) is 12. The van der Waals surface area contributed by atoms with Crippen LogP contribution in [-0.4, -0.2) is 103 Å². The number of fused-ring (bicyclic) bond motifs is 6. The molecule has 360 valence electrons. The summed E-state index contributed by atoms with van der Waals surface area (Å²) in [7, 11) is 0. The third kappa shape index (κ3) is 7.47. The van der Waals surface area contributed by atoms with Crippen molar-refractivity contribution in [3.05, 3.63) is 53.0 Å². The number of nitrogens with one attached hydrogen (secondary N) is 2. The van der Waals surface area contributed by atoms with Crippen LogP contribution in [0.2, 0.25) is 5.02 Å². The summed E-state index contributed by atoms with van der Waals surface area (Å²) in [5.41, 5.74) is 0.367. The SMILES string of the molecule is Cc1c(OC[C@H](C)Nc2ncc(Cl)c(-c3cc4n(c3)CCCn3c-4nnc3C3(C(F)(F)F)CCC3)n2)nc(NC2CCOCC2)nc1-c1cc2n(c1)CCCn1c-2nnc1C1(C(F)(F)F)CCC1. The van der Waals surface area contributed by atoms with Crippen molar-refractivity contribution in [2.45, 2.75) is 140 Å². The molecule has 6 aromatic rings. The van der Waals surface area contributed by atoms with Crippen molar-refractivity contribution in [2.24, 2.45) is 0 Å². The smallest absolute Gasteiger partial charge is 0.401 e. The van der Waals surface area contributed by atoms with Crippen molar-refractivity contribution < 1.29 is 35.8 Å². The molecule has 1 atom stereocenters. The van der Waals surface area contributed by atoms with E-state index in [2.05, 4.69) is 36.0 Å². The van der Waals surface area contributed by atoms with E-state index in [0.29, 0.717) is 122 Å². The van der Waals surface area contributed by atoms with Gasteiger partial charge in [0, 0.05) is 74.5 Å². The third-order valence-corrected chi connectivity index (χ3v) is 14.7. The lowest BCUT2D eigenvalue weighted by molar-refractivity contribution is -0.216. The molecule has 5 aliphatic rings. The Balaban J connectivity index is 0.846. The van der Waals surface area contributed by atoms with Crippen LogP contribution in [-0.2, 0) is 41.7 Å². The summed E-state index contributed by atoms with van der Waals surface area (Å²) >= 11 is 6.70. The average Bonchev–Trinajstić information content (AvgIpc) is 4.03. The number of hydrogen-bond donors (Lipinski definition) is 2. The maximum Gasteiger partial charge on any atom is 0.401 e. The van der Waals surface area contributed by atoms with Gasteiger partial charge in [0.15, 0.2) is 11.6 Å². The normalized spacial score (nSPS) is 19.3. The Morgan fingerprint density at radius 2 is 1.29 bits per heavy atom. The second-order valence-electron chi connectivity index (χ2n) is 18.8. The summed E-state index contributed by atoms with van der Waals surface area (Å²) in [4.78, 5) is 19.0. The van der Waals surface area contributed by atoms with E-state index in [1.54, 1.807) is 9.13 Å². The van der Waals surface area contributed by atoms with Crippen LogP contribution in [0.25, 0.3) is 45.6 Å². The summed E-state index contributed by atoms with van der Waals surface area (Å²) in [5.74, 6) is 1.71. The van der Waals surface area contributed by atoms with Gasteiger partial charge in [0.2, 0.25) is 17.8 Å². The number of ether oxygens (including phenoxy) is 2. The van der Waals surface area contributed by atoms with Crippen molar-refractivity contribution in [3.63, 3.8) is 0 Å². The van der Waals surface area contributed by atoms with Gasteiger partial charge >= 0.3 is 12.4 Å². The number of rotatable bonds is 11. The molecule has 3 aliphatic heterocycles. The first-order valence-corrected chi connectivity index (χ1v) is 23.6. The number of nitrogens with zero attached hydrogens (tertiary/aromatic N) is 12. The van der Waals surface area contributed by atoms with Crippen LogP contribution in [0.15, 0.2) is 30.7 Å². The highest BCUT2D eigenvalue weighted by Gasteiger charge is 2.63. The second-order valence-corrected chi connectivity index (χ2v) is 19.2. The van der Waals surface area contributed by atoms with Crippen LogP contribution >= 0.6 is 11.6 Å². The molecule has 1 saturated heterocycles.